The monoisotopic (exact) mass is 493 g/mol. The summed E-state index contributed by atoms with van der Waals surface area (Å²) in [5, 5.41) is 13.0. The normalized spacial score (nSPS) is 13.5. The van der Waals surface area contributed by atoms with E-state index < -0.39 is 35.8 Å². The van der Waals surface area contributed by atoms with Gasteiger partial charge in [-0.15, -0.1) is 0 Å². The summed E-state index contributed by atoms with van der Waals surface area (Å²) in [6.07, 6.45) is -6.29. The summed E-state index contributed by atoms with van der Waals surface area (Å²) < 4.78 is 43.3. The first-order valence-electron chi connectivity index (χ1n) is 8.20. The Morgan fingerprint density at radius 1 is 1.21 bits per heavy atom. The number of nitrogens with one attached hydrogen (secondary N) is 1. The van der Waals surface area contributed by atoms with Gasteiger partial charge < -0.3 is 15.2 Å². The zero-order valence-electron chi connectivity index (χ0n) is 15.0. The van der Waals surface area contributed by atoms with E-state index in [0.29, 0.717) is 15.1 Å². The van der Waals surface area contributed by atoms with Crippen molar-refractivity contribution in [1.29, 1.82) is 0 Å². The van der Waals surface area contributed by atoms with Gasteiger partial charge in [-0.1, -0.05) is 39.7 Å². The average Bonchev–Trinajstić information content (AvgIpc) is 2.68. The van der Waals surface area contributed by atoms with E-state index in [1.54, 1.807) is 18.2 Å². The van der Waals surface area contributed by atoms with Crippen molar-refractivity contribution in [3.8, 4) is 0 Å². The summed E-state index contributed by atoms with van der Waals surface area (Å²) in [7, 11) is 1.14. The van der Waals surface area contributed by atoms with Gasteiger partial charge in [-0.25, -0.2) is 4.79 Å². The van der Waals surface area contributed by atoms with Gasteiger partial charge in [0.25, 0.3) is 5.91 Å². The molecule has 0 unspecified atom stereocenters. The molecule has 156 valence electrons. The van der Waals surface area contributed by atoms with Gasteiger partial charge in [0, 0.05) is 15.9 Å². The third kappa shape index (κ3) is 6.19. The number of hydrogen-bond acceptors (Lipinski definition) is 4. The molecule has 0 heterocycles. The van der Waals surface area contributed by atoms with Crippen LogP contribution in [0.1, 0.15) is 22.8 Å². The van der Waals surface area contributed by atoms with Crippen LogP contribution in [0.3, 0.4) is 0 Å². The topological polar surface area (TPSA) is 75.6 Å². The lowest BCUT2D eigenvalue weighted by Crippen LogP contribution is -2.45. The highest BCUT2D eigenvalue weighted by atomic mass is 79.9. The lowest BCUT2D eigenvalue weighted by molar-refractivity contribution is -0.146. The summed E-state index contributed by atoms with van der Waals surface area (Å²) in [4.78, 5) is 24.4. The van der Waals surface area contributed by atoms with Crippen molar-refractivity contribution < 1.29 is 32.6 Å². The fourth-order valence-corrected chi connectivity index (χ4v) is 3.11. The zero-order valence-corrected chi connectivity index (χ0v) is 17.3. The highest BCUT2D eigenvalue weighted by Gasteiger charge is 2.31. The fourth-order valence-electron chi connectivity index (χ4n) is 2.51. The molecule has 0 aromatic heterocycles. The van der Waals surface area contributed by atoms with E-state index in [0.717, 1.165) is 31.4 Å². The highest BCUT2D eigenvalue weighted by Crippen LogP contribution is 2.30. The molecule has 2 aromatic rings. The summed E-state index contributed by atoms with van der Waals surface area (Å²) in [6.45, 7) is 0. The van der Waals surface area contributed by atoms with Gasteiger partial charge in [-0.05, 0) is 41.5 Å². The third-order valence-electron chi connectivity index (χ3n) is 4.04. The number of alkyl halides is 3. The van der Waals surface area contributed by atoms with E-state index in [9.17, 15) is 27.9 Å². The predicted octanol–water partition coefficient (Wildman–Crippen LogP) is 4.06. The minimum Gasteiger partial charge on any atom is -0.467 e. The molecule has 10 heteroatoms. The third-order valence-corrected chi connectivity index (χ3v) is 5.04. The van der Waals surface area contributed by atoms with Crippen LogP contribution in [-0.4, -0.2) is 30.1 Å². The summed E-state index contributed by atoms with van der Waals surface area (Å²) in [5.74, 6) is -1.72. The maximum atomic E-state index is 12.6. The second-order valence-corrected chi connectivity index (χ2v) is 7.34. The second-order valence-electron chi connectivity index (χ2n) is 6.05. The fraction of sp³-hybridized carbons (Fsp3) is 0.263. The molecule has 0 saturated heterocycles. The Morgan fingerprint density at radius 3 is 2.38 bits per heavy atom. The van der Waals surface area contributed by atoms with Crippen LogP contribution in [0.25, 0.3) is 0 Å². The van der Waals surface area contributed by atoms with Crippen LogP contribution in [0.15, 0.2) is 46.9 Å². The predicted molar refractivity (Wildman–Crippen MR) is 103 cm³/mol. The molecule has 29 heavy (non-hydrogen) atoms. The zero-order chi connectivity index (χ0) is 21.8. The van der Waals surface area contributed by atoms with Gasteiger partial charge in [0.05, 0.1) is 12.7 Å². The Labute approximate surface area is 177 Å². The van der Waals surface area contributed by atoms with Crippen LogP contribution in [0.5, 0.6) is 0 Å². The Balaban J connectivity index is 2.16. The molecule has 2 rings (SSSR count). The van der Waals surface area contributed by atoms with Gasteiger partial charge in [0.2, 0.25) is 0 Å². The molecular weight excluding hydrogens is 479 g/mol. The number of methoxy groups -OCH3 is 1. The molecule has 0 aliphatic heterocycles. The first-order valence-corrected chi connectivity index (χ1v) is 9.37. The molecule has 2 aromatic carbocycles. The number of ether oxygens (including phenoxy) is 1. The number of aliphatic hydroxyl groups excluding tert-OH is 1. The molecule has 0 aliphatic carbocycles. The number of hydrogen-bond donors (Lipinski definition) is 2. The molecule has 0 aliphatic rings. The second kappa shape index (κ2) is 9.60. The highest BCUT2D eigenvalue weighted by molar-refractivity contribution is 9.10. The van der Waals surface area contributed by atoms with E-state index in [2.05, 4.69) is 26.0 Å². The molecular formula is C19H16BrClF3NO4. The van der Waals surface area contributed by atoms with Crippen molar-refractivity contribution in [2.24, 2.45) is 0 Å². The van der Waals surface area contributed by atoms with E-state index >= 15 is 0 Å². The number of carbonyl (C=O) groups is 2. The Hall–Kier alpha value is -2.10. The molecule has 0 spiro atoms. The van der Waals surface area contributed by atoms with Gasteiger partial charge in [-0.2, -0.15) is 13.2 Å². The van der Waals surface area contributed by atoms with Crippen molar-refractivity contribution in [1.82, 2.24) is 5.32 Å². The van der Waals surface area contributed by atoms with Gasteiger partial charge >= 0.3 is 12.1 Å². The number of esters is 1. The SMILES string of the molecule is COC(=O)[C@H](Cc1cc(Cl)ccc1Br)NC(=O)[C@@H](O)c1ccc(C(F)(F)F)cc1. The van der Waals surface area contributed by atoms with E-state index in [4.69, 9.17) is 11.6 Å². The smallest absolute Gasteiger partial charge is 0.416 e. The first kappa shape index (κ1) is 23.2. The number of aliphatic hydroxyl groups is 1. The lowest BCUT2D eigenvalue weighted by atomic mass is 10.0. The van der Waals surface area contributed by atoms with Crippen LogP contribution in [-0.2, 0) is 26.9 Å². The van der Waals surface area contributed by atoms with Crippen molar-refractivity contribution in [2.75, 3.05) is 7.11 Å². The maximum Gasteiger partial charge on any atom is 0.416 e. The van der Waals surface area contributed by atoms with Crippen LogP contribution in [0.4, 0.5) is 13.2 Å². The summed E-state index contributed by atoms with van der Waals surface area (Å²) in [6, 6.07) is 7.26. The number of amides is 1. The molecule has 0 radical (unpaired) electrons. The van der Waals surface area contributed by atoms with Gasteiger partial charge in [-0.3, -0.25) is 4.79 Å². The quantitative estimate of drug-likeness (QED) is 0.594. The van der Waals surface area contributed by atoms with E-state index in [1.165, 1.54) is 0 Å². The largest absolute Gasteiger partial charge is 0.467 e. The van der Waals surface area contributed by atoms with Crippen LogP contribution < -0.4 is 5.32 Å². The minimum atomic E-state index is -4.54. The first-order chi connectivity index (χ1) is 13.5. The minimum absolute atomic E-state index is 0.0132. The van der Waals surface area contributed by atoms with Crippen LogP contribution in [0, 0.1) is 0 Å². The molecule has 1 amide bonds. The number of halogens is 5. The van der Waals surface area contributed by atoms with Crippen LogP contribution >= 0.6 is 27.5 Å². The van der Waals surface area contributed by atoms with Gasteiger partial charge in [0.1, 0.15) is 6.04 Å². The Bertz CT molecular complexity index is 890. The lowest BCUT2D eigenvalue weighted by Gasteiger charge is -2.20. The van der Waals surface area contributed by atoms with Crippen molar-refractivity contribution >= 4 is 39.4 Å². The van der Waals surface area contributed by atoms with Crippen molar-refractivity contribution in [3.05, 3.63) is 68.7 Å². The van der Waals surface area contributed by atoms with Crippen LogP contribution in [0.2, 0.25) is 5.02 Å². The summed E-state index contributed by atoms with van der Waals surface area (Å²) in [5.41, 5.74) is -0.354. The van der Waals surface area contributed by atoms with Crippen molar-refractivity contribution in [2.45, 2.75) is 24.7 Å². The summed E-state index contributed by atoms with van der Waals surface area (Å²) >= 11 is 9.27. The Kier molecular flexibility index (Phi) is 7.67. The molecule has 2 atom stereocenters. The van der Waals surface area contributed by atoms with E-state index in [1.807, 2.05) is 0 Å². The standard InChI is InChI=1S/C19H16BrClF3NO4/c1-29-18(28)15(9-11-8-13(21)6-7-14(11)20)25-17(27)16(26)10-2-4-12(5-3-10)19(22,23)24/h2-8,15-16,26H,9H2,1H3,(H,25,27)/t15-,16-/m0/s1. The molecule has 0 saturated carbocycles. The maximum absolute atomic E-state index is 12.6. The van der Waals surface area contributed by atoms with Gasteiger partial charge in [0.15, 0.2) is 6.10 Å². The average molecular weight is 495 g/mol. The number of rotatable bonds is 6. The molecule has 2 N–H and O–H groups in total. The van der Waals surface area contributed by atoms with E-state index in [-0.39, 0.29) is 12.0 Å². The number of carbonyl (C=O) groups excluding carboxylic acids is 2. The molecule has 5 nitrogen and oxygen atoms in total. The Morgan fingerprint density at radius 2 is 1.83 bits per heavy atom. The molecule has 0 fully saturated rings. The molecule has 0 bridgehead atoms. The number of benzene rings is 2. The van der Waals surface area contributed by atoms with Crippen molar-refractivity contribution in [3.63, 3.8) is 0 Å².